The lowest BCUT2D eigenvalue weighted by molar-refractivity contribution is 0.0238. The summed E-state index contributed by atoms with van der Waals surface area (Å²) in [5.74, 6) is 0.585. The predicted molar refractivity (Wildman–Crippen MR) is 63.9 cm³/mol. The minimum Gasteiger partial charge on any atom is -0.379 e. The van der Waals surface area contributed by atoms with Crippen molar-refractivity contribution in [2.75, 3.05) is 26.4 Å². The van der Waals surface area contributed by atoms with Crippen molar-refractivity contribution in [3.05, 3.63) is 0 Å². The van der Waals surface area contributed by atoms with Crippen molar-refractivity contribution < 1.29 is 9.47 Å². The molecule has 0 aromatic heterocycles. The highest BCUT2D eigenvalue weighted by atomic mass is 16.5. The second kappa shape index (κ2) is 7.20. The summed E-state index contributed by atoms with van der Waals surface area (Å²) < 4.78 is 10.9. The van der Waals surface area contributed by atoms with Crippen LogP contribution >= 0.6 is 0 Å². The molecule has 2 N–H and O–H groups in total. The average Bonchev–Trinajstić information content (AvgIpc) is 2.08. The van der Waals surface area contributed by atoms with E-state index in [-0.39, 0.29) is 11.5 Å². The largest absolute Gasteiger partial charge is 0.379 e. The molecule has 0 aliphatic carbocycles. The van der Waals surface area contributed by atoms with Crippen LogP contribution in [0.5, 0.6) is 0 Å². The molecule has 1 atom stereocenters. The molecule has 0 aromatic rings. The van der Waals surface area contributed by atoms with Gasteiger partial charge in [-0.3, -0.25) is 0 Å². The number of ether oxygens (including phenoxy) is 2. The van der Waals surface area contributed by atoms with E-state index in [1.165, 1.54) is 0 Å². The lowest BCUT2D eigenvalue weighted by Gasteiger charge is -2.26. The van der Waals surface area contributed by atoms with Crippen LogP contribution in [0.3, 0.4) is 0 Å². The van der Waals surface area contributed by atoms with Crippen LogP contribution in [0.2, 0.25) is 0 Å². The summed E-state index contributed by atoms with van der Waals surface area (Å²) in [4.78, 5) is 0. The van der Waals surface area contributed by atoms with E-state index < -0.39 is 0 Å². The molecule has 0 heterocycles. The molecule has 0 amide bonds. The molecule has 0 aromatic carbocycles. The first-order valence-electron chi connectivity index (χ1n) is 5.75. The van der Waals surface area contributed by atoms with Gasteiger partial charge in [0.2, 0.25) is 0 Å². The summed E-state index contributed by atoms with van der Waals surface area (Å²) in [6.07, 6.45) is 0. The summed E-state index contributed by atoms with van der Waals surface area (Å²) in [7, 11) is 0. The molecule has 0 spiro atoms. The van der Waals surface area contributed by atoms with Crippen LogP contribution in [-0.2, 0) is 9.47 Å². The van der Waals surface area contributed by atoms with E-state index in [1.807, 2.05) is 0 Å². The zero-order valence-electron chi connectivity index (χ0n) is 10.9. The third kappa shape index (κ3) is 8.85. The number of rotatable bonds is 7. The zero-order valence-corrected chi connectivity index (χ0v) is 10.9. The fourth-order valence-electron chi connectivity index (χ4n) is 0.897. The second-order valence-corrected chi connectivity index (χ2v) is 5.52. The molecule has 0 aliphatic rings. The molecular formula is C12H27NO2. The summed E-state index contributed by atoms with van der Waals surface area (Å²) in [5.41, 5.74) is 6.06. The van der Waals surface area contributed by atoms with Crippen molar-refractivity contribution in [2.45, 2.75) is 40.7 Å². The van der Waals surface area contributed by atoms with Crippen LogP contribution in [0, 0.1) is 11.3 Å². The molecule has 0 aliphatic heterocycles. The minimum absolute atomic E-state index is 0.0857. The normalized spacial score (nSPS) is 14.6. The Labute approximate surface area is 94.3 Å². The Morgan fingerprint density at radius 3 is 1.87 bits per heavy atom. The van der Waals surface area contributed by atoms with Crippen molar-refractivity contribution in [1.82, 2.24) is 0 Å². The lowest BCUT2D eigenvalue weighted by Crippen LogP contribution is -2.39. The van der Waals surface area contributed by atoms with Gasteiger partial charge >= 0.3 is 0 Å². The van der Waals surface area contributed by atoms with Crippen LogP contribution in [0.4, 0.5) is 0 Å². The van der Waals surface area contributed by atoms with Crippen molar-refractivity contribution in [3.63, 3.8) is 0 Å². The van der Waals surface area contributed by atoms with Crippen molar-refractivity contribution in [2.24, 2.45) is 17.1 Å². The smallest absolute Gasteiger partial charge is 0.0701 e. The van der Waals surface area contributed by atoms with Crippen molar-refractivity contribution in [3.8, 4) is 0 Å². The van der Waals surface area contributed by atoms with E-state index in [9.17, 15) is 0 Å². The Balaban J connectivity index is 3.32. The number of hydrogen-bond donors (Lipinski definition) is 1. The maximum absolute atomic E-state index is 5.95. The van der Waals surface area contributed by atoms with Gasteiger partial charge in [0.15, 0.2) is 0 Å². The minimum atomic E-state index is 0.0857. The van der Waals surface area contributed by atoms with Gasteiger partial charge < -0.3 is 15.2 Å². The fourth-order valence-corrected chi connectivity index (χ4v) is 0.897. The Morgan fingerprint density at radius 1 is 1.00 bits per heavy atom. The van der Waals surface area contributed by atoms with Gasteiger partial charge in [0.05, 0.1) is 19.8 Å². The van der Waals surface area contributed by atoms with Gasteiger partial charge in [-0.2, -0.15) is 0 Å². The second-order valence-electron chi connectivity index (χ2n) is 5.52. The highest BCUT2D eigenvalue weighted by molar-refractivity contribution is 4.76. The molecule has 0 bridgehead atoms. The van der Waals surface area contributed by atoms with Gasteiger partial charge in [0.1, 0.15) is 0 Å². The first kappa shape index (κ1) is 14.9. The topological polar surface area (TPSA) is 44.5 Å². The van der Waals surface area contributed by atoms with E-state index in [0.29, 0.717) is 25.7 Å². The molecule has 0 rings (SSSR count). The van der Waals surface area contributed by atoms with Gasteiger partial charge in [-0.25, -0.2) is 0 Å². The zero-order chi connectivity index (χ0) is 11.9. The van der Waals surface area contributed by atoms with E-state index in [1.54, 1.807) is 0 Å². The summed E-state index contributed by atoms with van der Waals surface area (Å²) in [6, 6.07) is 0.0857. The first-order valence-corrected chi connectivity index (χ1v) is 5.75. The molecule has 1 unspecified atom stereocenters. The standard InChI is InChI=1S/C12H27NO2/c1-10(2)8-14-6-7-15-9-11(13)12(3,4)5/h10-11H,6-9,13H2,1-5H3. The molecular weight excluding hydrogens is 190 g/mol. The van der Waals surface area contributed by atoms with Crippen molar-refractivity contribution in [1.29, 1.82) is 0 Å². The Morgan fingerprint density at radius 2 is 1.47 bits per heavy atom. The predicted octanol–water partition coefficient (Wildman–Crippen LogP) is 2.05. The maximum Gasteiger partial charge on any atom is 0.0701 e. The van der Waals surface area contributed by atoms with E-state index in [0.717, 1.165) is 6.61 Å². The first-order chi connectivity index (χ1) is 6.84. The third-order valence-corrected chi connectivity index (χ3v) is 2.23. The molecule has 3 heteroatoms. The fraction of sp³-hybridized carbons (Fsp3) is 1.00. The van der Waals surface area contributed by atoms with Crippen LogP contribution < -0.4 is 5.73 Å². The van der Waals surface area contributed by atoms with Gasteiger partial charge in [-0.15, -0.1) is 0 Å². The summed E-state index contributed by atoms with van der Waals surface area (Å²) in [6.45, 7) is 13.3. The highest BCUT2D eigenvalue weighted by Crippen LogP contribution is 2.17. The molecule has 3 nitrogen and oxygen atoms in total. The molecule has 0 radical (unpaired) electrons. The lowest BCUT2D eigenvalue weighted by atomic mass is 9.88. The van der Waals surface area contributed by atoms with Gasteiger partial charge in [0, 0.05) is 12.6 Å². The average molecular weight is 217 g/mol. The maximum atomic E-state index is 5.95. The molecule has 0 fully saturated rings. The Kier molecular flexibility index (Phi) is 7.14. The van der Waals surface area contributed by atoms with Crippen LogP contribution in [0.1, 0.15) is 34.6 Å². The molecule has 15 heavy (non-hydrogen) atoms. The summed E-state index contributed by atoms with van der Waals surface area (Å²) in [5, 5.41) is 0. The monoisotopic (exact) mass is 217 g/mol. The Bertz CT molecular complexity index is 152. The number of nitrogens with two attached hydrogens (primary N) is 1. The van der Waals surface area contributed by atoms with E-state index in [2.05, 4.69) is 34.6 Å². The molecule has 0 saturated heterocycles. The third-order valence-electron chi connectivity index (χ3n) is 2.23. The highest BCUT2D eigenvalue weighted by Gasteiger charge is 2.20. The van der Waals surface area contributed by atoms with E-state index in [4.69, 9.17) is 15.2 Å². The van der Waals surface area contributed by atoms with Crippen LogP contribution in [0.25, 0.3) is 0 Å². The SMILES string of the molecule is CC(C)COCCOCC(N)C(C)(C)C. The van der Waals surface area contributed by atoms with Crippen LogP contribution in [-0.4, -0.2) is 32.5 Å². The Hall–Kier alpha value is -0.120. The van der Waals surface area contributed by atoms with Gasteiger partial charge in [0.25, 0.3) is 0 Å². The quantitative estimate of drug-likeness (QED) is 0.664. The van der Waals surface area contributed by atoms with Crippen molar-refractivity contribution >= 4 is 0 Å². The molecule has 0 saturated carbocycles. The summed E-state index contributed by atoms with van der Waals surface area (Å²) >= 11 is 0. The van der Waals surface area contributed by atoms with E-state index >= 15 is 0 Å². The van der Waals surface area contributed by atoms with Gasteiger partial charge in [-0.1, -0.05) is 34.6 Å². The van der Waals surface area contributed by atoms with Gasteiger partial charge in [-0.05, 0) is 11.3 Å². The van der Waals surface area contributed by atoms with Crippen LogP contribution in [0.15, 0.2) is 0 Å². The number of hydrogen-bond acceptors (Lipinski definition) is 3. The molecule has 92 valence electrons.